The standard InChI is InChI=1S/C17H15ClN4O2S/c1-11-5-2-3-6-12(11)17-13(18)9-10-15(21-17)22-25(23,24)16-8-4-7-14(19)20-16/h2-10H,1H3,(H2,19,20)(H,21,22)/i1D3. The van der Waals surface area contributed by atoms with Crippen LogP contribution in [0.15, 0.2) is 59.6 Å². The first-order valence-electron chi connectivity index (χ1n) is 8.60. The van der Waals surface area contributed by atoms with Crippen molar-refractivity contribution in [2.45, 2.75) is 11.9 Å². The van der Waals surface area contributed by atoms with E-state index in [0.29, 0.717) is 0 Å². The maximum atomic E-state index is 12.5. The highest BCUT2D eigenvalue weighted by atomic mass is 35.5. The number of nitrogens with one attached hydrogen (secondary N) is 1. The van der Waals surface area contributed by atoms with Crippen molar-refractivity contribution in [3.63, 3.8) is 0 Å². The molecule has 3 aromatic rings. The lowest BCUT2D eigenvalue weighted by atomic mass is 10.1. The molecule has 0 atom stereocenters. The molecule has 0 aliphatic rings. The normalized spacial score (nSPS) is 13.6. The van der Waals surface area contributed by atoms with Crippen molar-refractivity contribution in [2.24, 2.45) is 0 Å². The zero-order chi connectivity index (χ0) is 20.5. The van der Waals surface area contributed by atoms with Crippen LogP contribution in [0.1, 0.15) is 9.68 Å². The lowest BCUT2D eigenvalue weighted by molar-refractivity contribution is 0.597. The van der Waals surface area contributed by atoms with Crippen LogP contribution in [0, 0.1) is 6.85 Å². The average molecular weight is 378 g/mol. The smallest absolute Gasteiger partial charge is 0.280 e. The van der Waals surface area contributed by atoms with Gasteiger partial charge in [0.2, 0.25) is 0 Å². The van der Waals surface area contributed by atoms with E-state index in [4.69, 9.17) is 21.4 Å². The Hall–Kier alpha value is -2.64. The molecule has 25 heavy (non-hydrogen) atoms. The van der Waals surface area contributed by atoms with E-state index >= 15 is 0 Å². The molecule has 0 amide bonds. The van der Waals surface area contributed by atoms with Gasteiger partial charge in [0, 0.05) is 9.68 Å². The number of pyridine rings is 2. The number of hydrogen-bond donors (Lipinski definition) is 2. The fourth-order valence-electron chi connectivity index (χ4n) is 2.15. The first-order valence-corrected chi connectivity index (χ1v) is 8.96. The molecule has 0 bridgehead atoms. The minimum atomic E-state index is -4.04. The van der Waals surface area contributed by atoms with Crippen molar-refractivity contribution >= 4 is 33.3 Å². The number of halogens is 1. The molecule has 8 heteroatoms. The number of nitrogens with two attached hydrogens (primary N) is 1. The molecule has 6 nitrogen and oxygen atoms in total. The summed E-state index contributed by atoms with van der Waals surface area (Å²) in [4.78, 5) is 8.00. The number of aryl methyl sites for hydroxylation is 1. The summed E-state index contributed by atoms with van der Waals surface area (Å²) in [6.45, 7) is -2.39. The second-order valence-electron chi connectivity index (χ2n) is 5.08. The number of aromatic nitrogens is 2. The van der Waals surface area contributed by atoms with E-state index in [1.54, 1.807) is 18.2 Å². The van der Waals surface area contributed by atoms with Gasteiger partial charge in [-0.3, -0.25) is 4.72 Å². The Morgan fingerprint density at radius 3 is 2.64 bits per heavy atom. The van der Waals surface area contributed by atoms with Gasteiger partial charge in [0.1, 0.15) is 11.6 Å². The van der Waals surface area contributed by atoms with E-state index in [0.717, 1.165) is 0 Å². The Morgan fingerprint density at radius 2 is 1.88 bits per heavy atom. The van der Waals surface area contributed by atoms with Gasteiger partial charge in [-0.2, -0.15) is 8.42 Å². The second-order valence-corrected chi connectivity index (χ2v) is 7.12. The van der Waals surface area contributed by atoms with Gasteiger partial charge in [-0.15, -0.1) is 0 Å². The fourth-order valence-corrected chi connectivity index (χ4v) is 3.33. The summed E-state index contributed by atoms with van der Waals surface area (Å²) < 4.78 is 50.4. The summed E-state index contributed by atoms with van der Waals surface area (Å²) in [6, 6.07) is 13.3. The third-order valence-corrected chi connectivity index (χ3v) is 4.85. The Labute approximate surface area is 155 Å². The Balaban J connectivity index is 2.04. The SMILES string of the molecule is [2H]C([2H])([2H])c1ccccc1-c1nc(NS(=O)(=O)c2cccc(N)n2)ccc1Cl. The van der Waals surface area contributed by atoms with Crippen LogP contribution in [-0.4, -0.2) is 18.4 Å². The van der Waals surface area contributed by atoms with Crippen molar-refractivity contribution in [3.05, 3.63) is 65.2 Å². The van der Waals surface area contributed by atoms with E-state index in [9.17, 15) is 8.42 Å². The van der Waals surface area contributed by atoms with Crippen molar-refractivity contribution in [1.82, 2.24) is 9.97 Å². The molecule has 0 saturated heterocycles. The van der Waals surface area contributed by atoms with Gasteiger partial charge in [0.15, 0.2) is 5.03 Å². The molecule has 2 heterocycles. The molecule has 0 saturated carbocycles. The van der Waals surface area contributed by atoms with Crippen molar-refractivity contribution in [3.8, 4) is 11.3 Å². The highest BCUT2D eigenvalue weighted by Gasteiger charge is 2.18. The van der Waals surface area contributed by atoms with Crippen LogP contribution in [-0.2, 0) is 10.0 Å². The minimum Gasteiger partial charge on any atom is -0.384 e. The van der Waals surface area contributed by atoms with E-state index in [1.807, 2.05) is 0 Å². The van der Waals surface area contributed by atoms with Gasteiger partial charge in [-0.05, 0) is 36.7 Å². The molecule has 0 aliphatic heterocycles. The van der Waals surface area contributed by atoms with Gasteiger partial charge in [-0.1, -0.05) is 41.9 Å². The van der Waals surface area contributed by atoms with Gasteiger partial charge in [0.25, 0.3) is 10.0 Å². The molecule has 128 valence electrons. The number of benzene rings is 1. The Morgan fingerprint density at radius 1 is 1.08 bits per heavy atom. The van der Waals surface area contributed by atoms with Crippen LogP contribution >= 0.6 is 11.6 Å². The number of sulfonamides is 1. The molecule has 0 unspecified atom stereocenters. The molecule has 0 radical (unpaired) electrons. The summed E-state index contributed by atoms with van der Waals surface area (Å²) >= 11 is 6.21. The first-order chi connectivity index (χ1) is 13.1. The lowest BCUT2D eigenvalue weighted by Gasteiger charge is -2.11. The molecule has 2 aromatic heterocycles. The van der Waals surface area contributed by atoms with E-state index in [1.165, 1.54) is 36.4 Å². The van der Waals surface area contributed by atoms with Gasteiger partial charge in [-0.25, -0.2) is 9.97 Å². The molecule has 0 spiro atoms. The minimum absolute atomic E-state index is 0.0380. The van der Waals surface area contributed by atoms with Gasteiger partial charge >= 0.3 is 0 Å². The number of anilines is 2. The predicted molar refractivity (Wildman–Crippen MR) is 98.9 cm³/mol. The predicted octanol–water partition coefficient (Wildman–Crippen LogP) is 3.49. The average Bonchev–Trinajstić information content (AvgIpc) is 2.62. The van der Waals surface area contributed by atoms with Crippen LogP contribution in [0.3, 0.4) is 0 Å². The summed E-state index contributed by atoms with van der Waals surface area (Å²) in [5, 5.41) is -0.0876. The van der Waals surface area contributed by atoms with Crippen molar-refractivity contribution in [1.29, 1.82) is 0 Å². The van der Waals surface area contributed by atoms with Crippen molar-refractivity contribution < 1.29 is 12.5 Å². The molecule has 3 rings (SSSR count). The van der Waals surface area contributed by atoms with Crippen LogP contribution in [0.5, 0.6) is 0 Å². The fraction of sp³-hybridized carbons (Fsp3) is 0.0588. The van der Waals surface area contributed by atoms with Crippen LogP contribution in [0.2, 0.25) is 5.02 Å². The summed E-state index contributed by atoms with van der Waals surface area (Å²) in [5.74, 6) is 0.0169. The number of nitrogens with zero attached hydrogens (tertiary/aromatic N) is 2. The molecule has 1 aromatic carbocycles. The number of hydrogen-bond acceptors (Lipinski definition) is 5. The molecular formula is C17H15ClN4O2S. The summed E-state index contributed by atoms with van der Waals surface area (Å²) in [7, 11) is -4.04. The largest absolute Gasteiger partial charge is 0.384 e. The third-order valence-electron chi connectivity index (χ3n) is 3.29. The van der Waals surface area contributed by atoms with E-state index in [2.05, 4.69) is 14.7 Å². The molecular weight excluding hydrogens is 360 g/mol. The van der Waals surface area contributed by atoms with Crippen molar-refractivity contribution in [2.75, 3.05) is 10.5 Å². The summed E-state index contributed by atoms with van der Waals surface area (Å²) in [5.41, 5.74) is 6.03. The van der Waals surface area contributed by atoms with Crippen LogP contribution < -0.4 is 10.5 Å². The van der Waals surface area contributed by atoms with Gasteiger partial charge < -0.3 is 5.73 Å². The molecule has 0 aliphatic carbocycles. The highest BCUT2D eigenvalue weighted by Crippen LogP contribution is 2.30. The monoisotopic (exact) mass is 377 g/mol. The molecule has 0 fully saturated rings. The Bertz CT molecular complexity index is 1140. The topological polar surface area (TPSA) is 98.0 Å². The van der Waals surface area contributed by atoms with E-state index < -0.39 is 16.9 Å². The second kappa shape index (κ2) is 6.70. The quantitative estimate of drug-likeness (QED) is 0.725. The summed E-state index contributed by atoms with van der Waals surface area (Å²) in [6.07, 6.45) is 0. The zero-order valence-electron chi connectivity index (χ0n) is 15.8. The molecule has 3 N–H and O–H groups in total. The number of nitrogen functional groups attached to an aromatic ring is 1. The third kappa shape index (κ3) is 3.72. The first kappa shape index (κ1) is 13.6. The van der Waals surface area contributed by atoms with Crippen LogP contribution in [0.4, 0.5) is 11.6 Å². The number of rotatable bonds is 4. The maximum Gasteiger partial charge on any atom is 0.280 e. The van der Waals surface area contributed by atoms with Gasteiger partial charge in [0.05, 0.1) is 10.7 Å². The highest BCUT2D eigenvalue weighted by molar-refractivity contribution is 7.92. The maximum absolute atomic E-state index is 12.5. The lowest BCUT2D eigenvalue weighted by Crippen LogP contribution is -2.16. The Kier molecular flexibility index (Phi) is 3.65. The zero-order valence-corrected chi connectivity index (χ0v) is 14.3. The van der Waals surface area contributed by atoms with Crippen LogP contribution in [0.25, 0.3) is 11.3 Å². The van der Waals surface area contributed by atoms with E-state index in [-0.39, 0.29) is 38.5 Å².